The Morgan fingerprint density at radius 2 is 2.21 bits per heavy atom. The lowest BCUT2D eigenvalue weighted by molar-refractivity contribution is 0.427. The lowest BCUT2D eigenvalue weighted by Gasteiger charge is -2.25. The Labute approximate surface area is 91.0 Å². The molecule has 1 aliphatic rings. The van der Waals surface area contributed by atoms with E-state index in [-0.39, 0.29) is 11.9 Å². The molecule has 4 heteroatoms. The molecule has 0 unspecified atom stereocenters. The van der Waals surface area contributed by atoms with Gasteiger partial charge in [-0.05, 0) is 23.8 Å². The highest BCUT2D eigenvalue weighted by atomic mass is 79.9. The van der Waals surface area contributed by atoms with Crippen molar-refractivity contribution in [1.29, 1.82) is 0 Å². The molecule has 1 aromatic rings. The minimum Gasteiger partial charge on any atom is -0.314 e. The standard InChI is InChI=1S/C10H12BrFN2/c11-9-2-1-7(12)5-8(9)10-6-13-3-4-14-10/h1-2,5,10,13-14H,3-4,6H2/t10-/m0/s1. The Balaban J connectivity index is 2.24. The van der Waals surface area contributed by atoms with Crippen LogP contribution in [0.15, 0.2) is 22.7 Å². The quantitative estimate of drug-likeness (QED) is 0.803. The summed E-state index contributed by atoms with van der Waals surface area (Å²) in [4.78, 5) is 0. The van der Waals surface area contributed by atoms with Crippen LogP contribution < -0.4 is 10.6 Å². The first kappa shape index (κ1) is 10.1. The minimum absolute atomic E-state index is 0.185. The number of hydrogen-bond donors (Lipinski definition) is 2. The summed E-state index contributed by atoms with van der Waals surface area (Å²) in [7, 11) is 0. The van der Waals surface area contributed by atoms with Crippen LogP contribution in [0.1, 0.15) is 11.6 Å². The Bertz CT molecular complexity index is 324. The van der Waals surface area contributed by atoms with E-state index in [1.54, 1.807) is 12.1 Å². The molecule has 0 spiro atoms. The fourth-order valence-corrected chi connectivity index (χ4v) is 2.18. The van der Waals surface area contributed by atoms with Crippen molar-refractivity contribution in [3.63, 3.8) is 0 Å². The number of rotatable bonds is 1. The van der Waals surface area contributed by atoms with Crippen molar-refractivity contribution in [1.82, 2.24) is 10.6 Å². The Morgan fingerprint density at radius 1 is 1.36 bits per heavy atom. The third kappa shape index (κ3) is 2.13. The van der Waals surface area contributed by atoms with Crippen molar-refractivity contribution < 1.29 is 4.39 Å². The van der Waals surface area contributed by atoms with Gasteiger partial charge in [-0.25, -0.2) is 4.39 Å². The summed E-state index contributed by atoms with van der Waals surface area (Å²) in [5.41, 5.74) is 0.984. The summed E-state index contributed by atoms with van der Waals surface area (Å²) in [6, 6.07) is 4.99. The molecular formula is C10H12BrFN2. The normalized spacial score (nSPS) is 22.3. The zero-order valence-electron chi connectivity index (χ0n) is 7.69. The van der Waals surface area contributed by atoms with Gasteiger partial charge >= 0.3 is 0 Å². The second-order valence-electron chi connectivity index (χ2n) is 3.38. The molecule has 0 bridgehead atoms. The van der Waals surface area contributed by atoms with Crippen molar-refractivity contribution in [2.24, 2.45) is 0 Å². The highest BCUT2D eigenvalue weighted by molar-refractivity contribution is 9.10. The third-order valence-corrected chi connectivity index (χ3v) is 3.10. The lowest BCUT2D eigenvalue weighted by atomic mass is 10.1. The molecule has 14 heavy (non-hydrogen) atoms. The molecule has 1 heterocycles. The zero-order chi connectivity index (χ0) is 9.97. The predicted octanol–water partition coefficient (Wildman–Crippen LogP) is 1.82. The van der Waals surface area contributed by atoms with Crippen LogP contribution in [0.3, 0.4) is 0 Å². The molecule has 1 fully saturated rings. The Morgan fingerprint density at radius 3 is 2.93 bits per heavy atom. The van der Waals surface area contributed by atoms with Crippen LogP contribution >= 0.6 is 15.9 Å². The number of nitrogens with one attached hydrogen (secondary N) is 2. The molecule has 1 atom stereocenters. The maximum atomic E-state index is 13.0. The summed E-state index contributed by atoms with van der Waals surface area (Å²) in [6.45, 7) is 2.75. The van der Waals surface area contributed by atoms with Gasteiger partial charge < -0.3 is 10.6 Å². The van der Waals surface area contributed by atoms with Gasteiger partial charge in [0.2, 0.25) is 0 Å². The van der Waals surface area contributed by atoms with E-state index in [0.29, 0.717) is 0 Å². The fourth-order valence-electron chi connectivity index (χ4n) is 1.65. The van der Waals surface area contributed by atoms with Gasteiger partial charge in [-0.15, -0.1) is 0 Å². The van der Waals surface area contributed by atoms with Gasteiger partial charge in [0.15, 0.2) is 0 Å². The molecule has 2 rings (SSSR count). The Hall–Kier alpha value is -0.450. The monoisotopic (exact) mass is 258 g/mol. The summed E-state index contributed by atoms with van der Waals surface area (Å²) >= 11 is 3.43. The van der Waals surface area contributed by atoms with Crippen LogP contribution in [0.4, 0.5) is 4.39 Å². The fraction of sp³-hybridized carbons (Fsp3) is 0.400. The van der Waals surface area contributed by atoms with Crippen LogP contribution in [0.2, 0.25) is 0 Å². The number of halogens is 2. The van der Waals surface area contributed by atoms with Crippen LogP contribution in [-0.2, 0) is 0 Å². The number of hydrogen-bond acceptors (Lipinski definition) is 2. The topological polar surface area (TPSA) is 24.1 Å². The second-order valence-corrected chi connectivity index (χ2v) is 4.23. The van der Waals surface area contributed by atoms with Crippen molar-refractivity contribution in [2.45, 2.75) is 6.04 Å². The van der Waals surface area contributed by atoms with E-state index in [1.807, 2.05) is 0 Å². The van der Waals surface area contributed by atoms with Crippen LogP contribution in [0.25, 0.3) is 0 Å². The van der Waals surface area contributed by atoms with Crippen molar-refractivity contribution in [3.8, 4) is 0 Å². The Kier molecular flexibility index (Phi) is 3.15. The summed E-state index contributed by atoms with van der Waals surface area (Å²) in [6.07, 6.45) is 0. The molecule has 2 nitrogen and oxygen atoms in total. The van der Waals surface area contributed by atoms with Crippen LogP contribution in [0, 0.1) is 5.82 Å². The minimum atomic E-state index is -0.185. The molecular weight excluding hydrogens is 247 g/mol. The highest BCUT2D eigenvalue weighted by Gasteiger charge is 2.16. The van der Waals surface area contributed by atoms with E-state index in [4.69, 9.17) is 0 Å². The van der Waals surface area contributed by atoms with E-state index in [0.717, 1.165) is 29.7 Å². The first-order valence-corrected chi connectivity index (χ1v) is 5.46. The third-order valence-electron chi connectivity index (χ3n) is 2.37. The number of benzene rings is 1. The van der Waals surface area contributed by atoms with Crippen LogP contribution in [-0.4, -0.2) is 19.6 Å². The van der Waals surface area contributed by atoms with Crippen molar-refractivity contribution in [2.75, 3.05) is 19.6 Å². The largest absolute Gasteiger partial charge is 0.314 e. The van der Waals surface area contributed by atoms with Gasteiger partial charge in [-0.2, -0.15) is 0 Å². The van der Waals surface area contributed by atoms with Gasteiger partial charge in [-0.3, -0.25) is 0 Å². The van der Waals surface area contributed by atoms with Gasteiger partial charge in [0.1, 0.15) is 5.82 Å². The number of piperazine rings is 1. The molecule has 1 saturated heterocycles. The maximum Gasteiger partial charge on any atom is 0.123 e. The van der Waals surface area contributed by atoms with Gasteiger partial charge in [-0.1, -0.05) is 15.9 Å². The maximum absolute atomic E-state index is 13.0. The molecule has 1 aromatic carbocycles. The molecule has 0 amide bonds. The zero-order valence-corrected chi connectivity index (χ0v) is 9.27. The SMILES string of the molecule is Fc1ccc(Br)c([C@@H]2CNCCN2)c1. The molecule has 0 saturated carbocycles. The predicted molar refractivity (Wildman–Crippen MR) is 57.7 cm³/mol. The molecule has 2 N–H and O–H groups in total. The van der Waals surface area contributed by atoms with E-state index in [9.17, 15) is 4.39 Å². The highest BCUT2D eigenvalue weighted by Crippen LogP contribution is 2.24. The smallest absolute Gasteiger partial charge is 0.123 e. The second kappa shape index (κ2) is 4.38. The van der Waals surface area contributed by atoms with Gasteiger partial charge in [0.25, 0.3) is 0 Å². The summed E-state index contributed by atoms with van der Waals surface area (Å²) in [5, 5.41) is 6.62. The van der Waals surface area contributed by atoms with E-state index >= 15 is 0 Å². The lowest BCUT2D eigenvalue weighted by Crippen LogP contribution is -2.42. The first-order chi connectivity index (χ1) is 6.77. The average Bonchev–Trinajstić information content (AvgIpc) is 2.23. The summed E-state index contributed by atoms with van der Waals surface area (Å²) in [5.74, 6) is -0.185. The van der Waals surface area contributed by atoms with Gasteiger partial charge in [0, 0.05) is 30.1 Å². The van der Waals surface area contributed by atoms with E-state index < -0.39 is 0 Å². The van der Waals surface area contributed by atoms with E-state index in [2.05, 4.69) is 26.6 Å². The molecule has 0 aromatic heterocycles. The van der Waals surface area contributed by atoms with Crippen LogP contribution in [0.5, 0.6) is 0 Å². The average molecular weight is 259 g/mol. The molecule has 0 aliphatic carbocycles. The van der Waals surface area contributed by atoms with Gasteiger partial charge in [0.05, 0.1) is 0 Å². The van der Waals surface area contributed by atoms with E-state index in [1.165, 1.54) is 6.07 Å². The molecule has 0 radical (unpaired) electrons. The van der Waals surface area contributed by atoms with Crippen molar-refractivity contribution in [3.05, 3.63) is 34.1 Å². The first-order valence-electron chi connectivity index (χ1n) is 4.66. The van der Waals surface area contributed by atoms with Crippen molar-refractivity contribution >= 4 is 15.9 Å². The summed E-state index contributed by atoms with van der Waals surface area (Å²) < 4.78 is 14.0. The molecule has 1 aliphatic heterocycles. The molecule has 76 valence electrons.